The highest BCUT2D eigenvalue weighted by Gasteiger charge is 2.11. The van der Waals surface area contributed by atoms with E-state index in [2.05, 4.69) is 23.3 Å². The van der Waals surface area contributed by atoms with Crippen molar-refractivity contribution in [3.05, 3.63) is 0 Å². The summed E-state index contributed by atoms with van der Waals surface area (Å²) in [6, 6.07) is 0. The van der Waals surface area contributed by atoms with E-state index in [4.69, 9.17) is 0 Å². The molecule has 0 spiro atoms. The third-order valence-electron chi connectivity index (χ3n) is 2.34. The van der Waals surface area contributed by atoms with Crippen molar-refractivity contribution in [1.82, 2.24) is 10.6 Å². The average Bonchev–Trinajstić information content (AvgIpc) is 2.14. The molecule has 3 heteroatoms. The Kier molecular flexibility index (Phi) is 5.82. The molecule has 1 heterocycles. The van der Waals surface area contributed by atoms with Gasteiger partial charge >= 0.3 is 0 Å². The van der Waals surface area contributed by atoms with Crippen molar-refractivity contribution in [3.63, 3.8) is 0 Å². The number of thiol groups is 1. The van der Waals surface area contributed by atoms with E-state index in [1.807, 2.05) is 0 Å². The lowest BCUT2D eigenvalue weighted by Gasteiger charge is -2.22. The second kappa shape index (κ2) is 6.75. The van der Waals surface area contributed by atoms with Gasteiger partial charge in [0.25, 0.3) is 0 Å². The minimum absolute atomic E-state index is 0.860. The molecule has 0 amide bonds. The Morgan fingerprint density at radius 1 is 1.50 bits per heavy atom. The van der Waals surface area contributed by atoms with Crippen LogP contribution in [-0.4, -0.2) is 31.9 Å². The Hall–Kier alpha value is 0.270. The summed E-state index contributed by atoms with van der Waals surface area (Å²) in [5.74, 6) is 1.86. The molecule has 2 N–H and O–H groups in total. The van der Waals surface area contributed by atoms with Gasteiger partial charge in [-0.25, -0.2) is 0 Å². The summed E-state index contributed by atoms with van der Waals surface area (Å²) in [5, 5.41) is 6.89. The summed E-state index contributed by atoms with van der Waals surface area (Å²) >= 11 is 4.17. The molecule has 12 heavy (non-hydrogen) atoms. The summed E-state index contributed by atoms with van der Waals surface area (Å²) in [6.45, 7) is 4.72. The van der Waals surface area contributed by atoms with Crippen LogP contribution in [0.1, 0.15) is 19.3 Å². The van der Waals surface area contributed by atoms with Crippen LogP contribution in [0.5, 0.6) is 0 Å². The fourth-order valence-corrected chi connectivity index (χ4v) is 1.77. The fraction of sp³-hybridized carbons (Fsp3) is 1.00. The highest BCUT2D eigenvalue weighted by atomic mass is 32.1. The molecule has 0 aromatic carbocycles. The van der Waals surface area contributed by atoms with E-state index in [1.54, 1.807) is 0 Å². The molecule has 1 rings (SSSR count). The standard InChI is InChI=1S/C9H20N2S/c12-6-2-5-11-8-9-3-1-4-10-7-9/h9-12H,1-8H2. The second-order valence-electron chi connectivity index (χ2n) is 3.49. The molecule has 1 unspecified atom stereocenters. The van der Waals surface area contributed by atoms with Crippen LogP contribution in [-0.2, 0) is 0 Å². The van der Waals surface area contributed by atoms with Crippen molar-refractivity contribution in [2.75, 3.05) is 31.9 Å². The number of nitrogens with one attached hydrogen (secondary N) is 2. The van der Waals surface area contributed by atoms with Crippen LogP contribution >= 0.6 is 12.6 Å². The van der Waals surface area contributed by atoms with Crippen LogP contribution in [0.15, 0.2) is 0 Å². The molecule has 0 bridgehead atoms. The molecule has 0 radical (unpaired) electrons. The zero-order valence-electron chi connectivity index (χ0n) is 7.68. The SMILES string of the molecule is SCCCNCC1CCCNC1. The van der Waals surface area contributed by atoms with Crippen molar-refractivity contribution >= 4 is 12.6 Å². The van der Waals surface area contributed by atoms with Crippen molar-refractivity contribution in [3.8, 4) is 0 Å². The van der Waals surface area contributed by atoms with E-state index in [1.165, 1.54) is 38.9 Å². The lowest BCUT2D eigenvalue weighted by molar-refractivity contribution is 0.361. The fourth-order valence-electron chi connectivity index (χ4n) is 1.61. The third kappa shape index (κ3) is 4.33. The largest absolute Gasteiger partial charge is 0.316 e. The molecule has 1 aliphatic rings. The molecule has 2 nitrogen and oxygen atoms in total. The molecular weight excluding hydrogens is 168 g/mol. The Bertz CT molecular complexity index is 103. The molecule has 0 aromatic heterocycles. The van der Waals surface area contributed by atoms with E-state index >= 15 is 0 Å². The molecule has 0 aromatic rings. The van der Waals surface area contributed by atoms with Gasteiger partial charge in [0.05, 0.1) is 0 Å². The second-order valence-corrected chi connectivity index (χ2v) is 3.94. The van der Waals surface area contributed by atoms with Gasteiger partial charge in [0.2, 0.25) is 0 Å². The number of hydrogen-bond acceptors (Lipinski definition) is 3. The van der Waals surface area contributed by atoms with Crippen molar-refractivity contribution in [1.29, 1.82) is 0 Å². The minimum Gasteiger partial charge on any atom is -0.316 e. The number of hydrogen-bond donors (Lipinski definition) is 3. The monoisotopic (exact) mass is 188 g/mol. The van der Waals surface area contributed by atoms with Gasteiger partial charge in [0, 0.05) is 0 Å². The quantitative estimate of drug-likeness (QED) is 0.441. The maximum absolute atomic E-state index is 4.17. The van der Waals surface area contributed by atoms with Crippen LogP contribution < -0.4 is 10.6 Å². The minimum atomic E-state index is 0.860. The smallest absolute Gasteiger partial charge is 0.000837 e. The van der Waals surface area contributed by atoms with Gasteiger partial charge in [-0.05, 0) is 57.1 Å². The third-order valence-corrected chi connectivity index (χ3v) is 2.66. The van der Waals surface area contributed by atoms with Crippen LogP contribution in [0, 0.1) is 5.92 Å². The van der Waals surface area contributed by atoms with Gasteiger partial charge in [0.1, 0.15) is 0 Å². The predicted octanol–water partition coefficient (Wildman–Crippen LogP) is 0.895. The summed E-state index contributed by atoms with van der Waals surface area (Å²) < 4.78 is 0. The predicted molar refractivity (Wildman–Crippen MR) is 56.9 cm³/mol. The zero-order chi connectivity index (χ0) is 8.65. The normalized spacial score (nSPS) is 24.2. The van der Waals surface area contributed by atoms with Crippen molar-refractivity contribution in [2.45, 2.75) is 19.3 Å². The first-order valence-corrected chi connectivity index (χ1v) is 5.59. The Morgan fingerprint density at radius 2 is 2.42 bits per heavy atom. The van der Waals surface area contributed by atoms with Gasteiger partial charge in [-0.15, -0.1) is 0 Å². The molecule has 1 aliphatic heterocycles. The van der Waals surface area contributed by atoms with Crippen molar-refractivity contribution in [2.24, 2.45) is 5.92 Å². The molecule has 1 atom stereocenters. The Morgan fingerprint density at radius 3 is 3.08 bits per heavy atom. The van der Waals surface area contributed by atoms with Crippen LogP contribution in [0.4, 0.5) is 0 Å². The van der Waals surface area contributed by atoms with Crippen molar-refractivity contribution < 1.29 is 0 Å². The highest BCUT2D eigenvalue weighted by molar-refractivity contribution is 7.80. The maximum Gasteiger partial charge on any atom is -0.000837 e. The van der Waals surface area contributed by atoms with Gasteiger partial charge < -0.3 is 10.6 Å². The van der Waals surface area contributed by atoms with Gasteiger partial charge in [-0.1, -0.05) is 0 Å². The Balaban J connectivity index is 1.91. The lowest BCUT2D eigenvalue weighted by Crippen LogP contribution is -2.36. The number of rotatable bonds is 5. The molecule has 1 saturated heterocycles. The highest BCUT2D eigenvalue weighted by Crippen LogP contribution is 2.07. The van der Waals surface area contributed by atoms with E-state index < -0.39 is 0 Å². The van der Waals surface area contributed by atoms with Crippen LogP contribution in [0.25, 0.3) is 0 Å². The van der Waals surface area contributed by atoms with Gasteiger partial charge in [-0.3, -0.25) is 0 Å². The van der Waals surface area contributed by atoms with Crippen LogP contribution in [0.3, 0.4) is 0 Å². The zero-order valence-corrected chi connectivity index (χ0v) is 8.58. The molecule has 0 aliphatic carbocycles. The van der Waals surface area contributed by atoms with Gasteiger partial charge in [0.15, 0.2) is 0 Å². The van der Waals surface area contributed by atoms with E-state index in [9.17, 15) is 0 Å². The first-order chi connectivity index (χ1) is 5.93. The van der Waals surface area contributed by atoms with E-state index in [-0.39, 0.29) is 0 Å². The molecule has 72 valence electrons. The van der Waals surface area contributed by atoms with E-state index in [0.717, 1.165) is 18.2 Å². The summed E-state index contributed by atoms with van der Waals surface area (Å²) in [4.78, 5) is 0. The summed E-state index contributed by atoms with van der Waals surface area (Å²) in [5.41, 5.74) is 0. The van der Waals surface area contributed by atoms with Crippen LogP contribution in [0.2, 0.25) is 0 Å². The summed E-state index contributed by atoms with van der Waals surface area (Å²) in [7, 11) is 0. The average molecular weight is 188 g/mol. The maximum atomic E-state index is 4.17. The Labute approximate surface area is 80.9 Å². The molecular formula is C9H20N2S. The van der Waals surface area contributed by atoms with E-state index in [0.29, 0.717) is 0 Å². The first kappa shape index (κ1) is 10.4. The first-order valence-electron chi connectivity index (χ1n) is 4.96. The number of piperidine rings is 1. The topological polar surface area (TPSA) is 24.1 Å². The van der Waals surface area contributed by atoms with Gasteiger partial charge in [-0.2, -0.15) is 12.6 Å². The summed E-state index contributed by atoms with van der Waals surface area (Å²) in [6.07, 6.45) is 3.92. The molecule has 1 fully saturated rings. The lowest BCUT2D eigenvalue weighted by atomic mass is 10.00. The molecule has 0 saturated carbocycles.